The number of hydrogen-bond donors (Lipinski definition) is 0. The molecule has 1 aromatic heterocycles. The van der Waals surface area contributed by atoms with Gasteiger partial charge >= 0.3 is 0 Å². The Morgan fingerprint density at radius 3 is 3.00 bits per heavy atom. The zero-order valence-corrected chi connectivity index (χ0v) is 11.0. The molecule has 2 rings (SSSR count). The van der Waals surface area contributed by atoms with Crippen molar-refractivity contribution in [3.63, 3.8) is 0 Å². The maximum Gasteiger partial charge on any atom is 0.128 e. The third-order valence-corrected chi connectivity index (χ3v) is 3.39. The van der Waals surface area contributed by atoms with Gasteiger partial charge < -0.3 is 9.64 Å². The third-order valence-electron chi connectivity index (χ3n) is 3.16. The topological polar surface area (TPSA) is 25.4 Å². The average Bonchev–Trinajstić information content (AvgIpc) is 2.38. The Labute approximate surface area is 108 Å². The lowest BCUT2D eigenvalue weighted by atomic mass is 10.1. The van der Waals surface area contributed by atoms with E-state index in [1.54, 1.807) is 6.20 Å². The molecule has 2 heterocycles. The van der Waals surface area contributed by atoms with Gasteiger partial charge in [-0.25, -0.2) is 4.98 Å². The molecule has 0 bridgehead atoms. The van der Waals surface area contributed by atoms with Crippen LogP contribution in [0.3, 0.4) is 0 Å². The number of halogens is 1. The van der Waals surface area contributed by atoms with Crippen molar-refractivity contribution >= 4 is 17.4 Å². The number of pyridine rings is 1. The zero-order chi connectivity index (χ0) is 12.1. The van der Waals surface area contributed by atoms with Gasteiger partial charge in [-0.3, -0.25) is 0 Å². The number of aromatic nitrogens is 1. The van der Waals surface area contributed by atoms with Crippen LogP contribution in [0.25, 0.3) is 0 Å². The fourth-order valence-electron chi connectivity index (χ4n) is 2.08. The second-order valence-corrected chi connectivity index (χ2v) is 4.97. The Morgan fingerprint density at radius 1 is 1.47 bits per heavy atom. The van der Waals surface area contributed by atoms with Gasteiger partial charge in [-0.2, -0.15) is 0 Å². The van der Waals surface area contributed by atoms with Crippen molar-refractivity contribution in [2.24, 2.45) is 0 Å². The number of nitrogens with zero attached hydrogens (tertiary/aromatic N) is 2. The van der Waals surface area contributed by atoms with E-state index >= 15 is 0 Å². The van der Waals surface area contributed by atoms with Gasteiger partial charge in [-0.1, -0.05) is 11.6 Å². The van der Waals surface area contributed by atoms with Crippen LogP contribution < -0.4 is 4.90 Å². The van der Waals surface area contributed by atoms with Crippen molar-refractivity contribution in [3.8, 4) is 0 Å². The second-order valence-electron chi connectivity index (χ2n) is 4.53. The summed E-state index contributed by atoms with van der Waals surface area (Å²) >= 11 is 5.81. The Hall–Kier alpha value is -0.800. The van der Waals surface area contributed by atoms with Crippen LogP contribution in [0.1, 0.15) is 25.7 Å². The standard InChI is InChI=1S/C13H19ClN2O/c1-16(13-6-5-11(14)10-15-13)8-7-12-4-2-3-9-17-12/h5-6,10,12H,2-4,7-9H2,1H3. The number of anilines is 1. The summed E-state index contributed by atoms with van der Waals surface area (Å²) in [4.78, 5) is 6.44. The molecule has 1 aliphatic heterocycles. The van der Waals surface area contributed by atoms with E-state index in [0.29, 0.717) is 11.1 Å². The molecule has 3 nitrogen and oxygen atoms in total. The van der Waals surface area contributed by atoms with Gasteiger partial charge in [0.2, 0.25) is 0 Å². The number of hydrogen-bond acceptors (Lipinski definition) is 3. The maximum absolute atomic E-state index is 5.81. The quantitative estimate of drug-likeness (QED) is 0.826. The van der Waals surface area contributed by atoms with Crippen molar-refractivity contribution < 1.29 is 4.74 Å². The molecule has 94 valence electrons. The Bertz CT molecular complexity index is 336. The van der Waals surface area contributed by atoms with Gasteiger partial charge in [-0.15, -0.1) is 0 Å². The van der Waals surface area contributed by atoms with Crippen LogP contribution in [0.15, 0.2) is 18.3 Å². The van der Waals surface area contributed by atoms with Crippen LogP contribution in [0.5, 0.6) is 0 Å². The first-order chi connectivity index (χ1) is 8.25. The molecule has 1 saturated heterocycles. The first kappa shape index (κ1) is 12.7. The van der Waals surface area contributed by atoms with Gasteiger partial charge in [0.25, 0.3) is 0 Å². The van der Waals surface area contributed by atoms with Crippen LogP contribution in [-0.2, 0) is 4.74 Å². The predicted octanol–water partition coefficient (Wildman–Crippen LogP) is 3.13. The maximum atomic E-state index is 5.81. The largest absolute Gasteiger partial charge is 0.378 e. The van der Waals surface area contributed by atoms with Gasteiger partial charge in [0.05, 0.1) is 11.1 Å². The lowest BCUT2D eigenvalue weighted by molar-refractivity contribution is 0.0126. The van der Waals surface area contributed by atoms with Crippen molar-refractivity contribution in [3.05, 3.63) is 23.4 Å². The van der Waals surface area contributed by atoms with Crippen molar-refractivity contribution in [1.29, 1.82) is 0 Å². The highest BCUT2D eigenvalue weighted by Gasteiger charge is 2.14. The zero-order valence-electron chi connectivity index (χ0n) is 10.2. The molecule has 0 N–H and O–H groups in total. The smallest absolute Gasteiger partial charge is 0.128 e. The second kappa shape index (κ2) is 6.22. The molecular weight excluding hydrogens is 236 g/mol. The highest BCUT2D eigenvalue weighted by Crippen LogP contribution is 2.18. The highest BCUT2D eigenvalue weighted by atomic mass is 35.5. The minimum Gasteiger partial charge on any atom is -0.378 e. The van der Waals surface area contributed by atoms with Gasteiger partial charge in [0, 0.05) is 26.4 Å². The summed E-state index contributed by atoms with van der Waals surface area (Å²) in [5.41, 5.74) is 0. The van der Waals surface area contributed by atoms with Crippen molar-refractivity contribution in [2.45, 2.75) is 31.8 Å². The van der Waals surface area contributed by atoms with Crippen molar-refractivity contribution in [1.82, 2.24) is 4.98 Å². The summed E-state index contributed by atoms with van der Waals surface area (Å²) in [6.45, 7) is 1.90. The first-order valence-electron chi connectivity index (χ1n) is 6.20. The minimum absolute atomic E-state index is 0.429. The van der Waals surface area contributed by atoms with Crippen molar-refractivity contribution in [2.75, 3.05) is 25.1 Å². The first-order valence-corrected chi connectivity index (χ1v) is 6.58. The lowest BCUT2D eigenvalue weighted by Crippen LogP contribution is -2.27. The van der Waals surface area contributed by atoms with Gasteiger partial charge in [0.1, 0.15) is 5.82 Å². The van der Waals surface area contributed by atoms with E-state index < -0.39 is 0 Å². The fraction of sp³-hybridized carbons (Fsp3) is 0.615. The molecule has 0 spiro atoms. The van der Waals surface area contributed by atoms with Crippen LogP contribution in [0.2, 0.25) is 5.02 Å². The van der Waals surface area contributed by atoms with Crippen LogP contribution in [0, 0.1) is 0 Å². The van der Waals surface area contributed by atoms with E-state index in [1.165, 1.54) is 19.3 Å². The molecule has 1 aliphatic rings. The molecule has 0 amide bonds. The monoisotopic (exact) mass is 254 g/mol. The molecular formula is C13H19ClN2O. The Morgan fingerprint density at radius 2 is 2.35 bits per heavy atom. The van der Waals surface area contributed by atoms with E-state index in [1.807, 2.05) is 12.1 Å². The summed E-state index contributed by atoms with van der Waals surface area (Å²) in [5, 5.41) is 0.678. The minimum atomic E-state index is 0.429. The third kappa shape index (κ3) is 3.86. The summed E-state index contributed by atoms with van der Waals surface area (Å²) in [7, 11) is 2.05. The van der Waals surface area contributed by atoms with Crippen LogP contribution in [-0.4, -0.2) is 31.3 Å². The van der Waals surface area contributed by atoms with E-state index in [-0.39, 0.29) is 0 Å². The fourth-order valence-corrected chi connectivity index (χ4v) is 2.19. The molecule has 17 heavy (non-hydrogen) atoms. The molecule has 0 aliphatic carbocycles. The molecule has 1 fully saturated rings. The Kier molecular flexibility index (Phi) is 4.63. The molecule has 0 radical (unpaired) electrons. The SMILES string of the molecule is CN(CCC1CCCCO1)c1ccc(Cl)cn1. The summed E-state index contributed by atoms with van der Waals surface area (Å²) in [6.07, 6.45) is 6.89. The van der Waals surface area contributed by atoms with E-state index in [0.717, 1.165) is 25.4 Å². The highest BCUT2D eigenvalue weighted by molar-refractivity contribution is 6.30. The van der Waals surface area contributed by atoms with E-state index in [4.69, 9.17) is 16.3 Å². The molecule has 0 saturated carbocycles. The molecule has 0 aromatic carbocycles. The van der Waals surface area contributed by atoms with E-state index in [2.05, 4.69) is 16.9 Å². The van der Waals surface area contributed by atoms with Gasteiger partial charge in [0.15, 0.2) is 0 Å². The van der Waals surface area contributed by atoms with E-state index in [9.17, 15) is 0 Å². The number of rotatable bonds is 4. The van der Waals surface area contributed by atoms with Crippen LogP contribution in [0.4, 0.5) is 5.82 Å². The normalized spacial score (nSPS) is 20.2. The van der Waals surface area contributed by atoms with Crippen LogP contribution >= 0.6 is 11.6 Å². The summed E-state index contributed by atoms with van der Waals surface area (Å²) in [6, 6.07) is 3.82. The average molecular weight is 255 g/mol. The summed E-state index contributed by atoms with van der Waals surface area (Å²) < 4.78 is 5.72. The molecule has 1 aromatic rings. The predicted molar refractivity (Wildman–Crippen MR) is 70.7 cm³/mol. The lowest BCUT2D eigenvalue weighted by Gasteiger charge is -2.25. The molecule has 4 heteroatoms. The summed E-state index contributed by atoms with van der Waals surface area (Å²) in [5.74, 6) is 0.963. The molecule has 1 unspecified atom stereocenters. The number of ether oxygens (including phenoxy) is 1. The molecule has 1 atom stereocenters. The Balaban J connectivity index is 1.80. The van der Waals surface area contributed by atoms with Gasteiger partial charge in [-0.05, 0) is 37.8 Å².